The van der Waals surface area contributed by atoms with Crippen molar-refractivity contribution in [3.05, 3.63) is 56.1 Å². The van der Waals surface area contributed by atoms with Gasteiger partial charge in [-0.2, -0.15) is 4.98 Å². The van der Waals surface area contributed by atoms with Crippen LogP contribution in [-0.4, -0.2) is 44.0 Å². The third kappa shape index (κ3) is 4.42. The average Bonchev–Trinajstić information content (AvgIpc) is 3.22. The SMILES string of the molecule is O=C(O)C1CCN(c2nc(NCc3cccc([N+](=O)[O-])c3)c3cc([N+](=O)[O-])sc3n2)CC1. The van der Waals surface area contributed by atoms with Gasteiger partial charge in [0.2, 0.25) is 5.95 Å². The van der Waals surface area contributed by atoms with Crippen LogP contribution in [0.1, 0.15) is 18.4 Å². The molecule has 0 unspecified atom stereocenters. The molecule has 2 aromatic heterocycles. The van der Waals surface area contributed by atoms with E-state index >= 15 is 0 Å². The lowest BCUT2D eigenvalue weighted by atomic mass is 9.97. The van der Waals surface area contributed by atoms with Gasteiger partial charge in [-0.25, -0.2) is 4.98 Å². The lowest BCUT2D eigenvalue weighted by Crippen LogP contribution is -2.37. The van der Waals surface area contributed by atoms with E-state index in [1.807, 2.05) is 4.90 Å². The number of anilines is 2. The number of hydrogen-bond donors (Lipinski definition) is 2. The maximum atomic E-state index is 11.3. The minimum atomic E-state index is -0.825. The number of carbonyl (C=O) groups is 1. The van der Waals surface area contributed by atoms with Gasteiger partial charge in [0.05, 0.1) is 21.2 Å². The first-order valence-electron chi connectivity index (χ1n) is 9.72. The van der Waals surface area contributed by atoms with Crippen molar-refractivity contribution in [2.75, 3.05) is 23.3 Å². The number of rotatable bonds is 7. The molecule has 1 aliphatic heterocycles. The van der Waals surface area contributed by atoms with E-state index in [9.17, 15) is 30.1 Å². The van der Waals surface area contributed by atoms with Crippen molar-refractivity contribution in [2.45, 2.75) is 19.4 Å². The van der Waals surface area contributed by atoms with Crippen molar-refractivity contribution < 1.29 is 19.7 Å². The van der Waals surface area contributed by atoms with Gasteiger partial charge in [-0.15, -0.1) is 0 Å². The molecule has 0 amide bonds. The number of aliphatic carboxylic acids is 1. The Morgan fingerprint density at radius 2 is 1.94 bits per heavy atom. The van der Waals surface area contributed by atoms with Gasteiger partial charge >= 0.3 is 11.0 Å². The van der Waals surface area contributed by atoms with Crippen LogP contribution >= 0.6 is 11.3 Å². The summed E-state index contributed by atoms with van der Waals surface area (Å²) in [6.45, 7) is 1.14. The zero-order chi connectivity index (χ0) is 22.8. The predicted octanol–water partition coefficient (Wildman–Crippen LogP) is 3.42. The normalized spacial score (nSPS) is 14.4. The molecule has 0 radical (unpaired) electrons. The van der Waals surface area contributed by atoms with Crippen LogP contribution in [0.2, 0.25) is 0 Å². The van der Waals surface area contributed by atoms with Crippen LogP contribution in [-0.2, 0) is 11.3 Å². The standard InChI is InChI=1S/C19H18N6O6S/c26-18(27)12-4-6-23(7-5-12)19-21-16(14-9-15(25(30)31)32-17(14)22-19)20-10-11-2-1-3-13(8-11)24(28)29/h1-3,8-9,12H,4-7,10H2,(H,26,27)(H,20,21,22). The highest BCUT2D eigenvalue weighted by Crippen LogP contribution is 2.36. The first kappa shape index (κ1) is 21.4. The number of non-ortho nitro benzene ring substituents is 1. The Hall–Kier alpha value is -3.87. The van der Waals surface area contributed by atoms with Crippen molar-refractivity contribution in [1.29, 1.82) is 0 Å². The van der Waals surface area contributed by atoms with Gasteiger partial charge in [0.1, 0.15) is 10.6 Å². The van der Waals surface area contributed by atoms with Gasteiger partial charge in [-0.05, 0) is 29.7 Å². The molecule has 3 aromatic rings. The minimum Gasteiger partial charge on any atom is -0.481 e. The Kier molecular flexibility index (Phi) is 5.81. The quantitative estimate of drug-likeness (QED) is 0.396. The molecule has 4 rings (SSSR count). The highest BCUT2D eigenvalue weighted by Gasteiger charge is 2.27. The topological polar surface area (TPSA) is 165 Å². The van der Waals surface area contributed by atoms with Crippen LogP contribution in [0.3, 0.4) is 0 Å². The molecule has 12 nitrogen and oxygen atoms in total. The predicted molar refractivity (Wildman–Crippen MR) is 117 cm³/mol. The number of fused-ring (bicyclic) bond motifs is 1. The fourth-order valence-corrected chi connectivity index (χ4v) is 4.40. The molecule has 0 bridgehead atoms. The summed E-state index contributed by atoms with van der Waals surface area (Å²) < 4.78 is 0. The van der Waals surface area contributed by atoms with Crippen LogP contribution in [0.25, 0.3) is 10.2 Å². The number of piperidine rings is 1. The van der Waals surface area contributed by atoms with Crippen LogP contribution in [0.5, 0.6) is 0 Å². The Bertz CT molecular complexity index is 1210. The maximum Gasteiger partial charge on any atom is 0.326 e. The van der Waals surface area contributed by atoms with Crippen molar-refractivity contribution in [2.24, 2.45) is 5.92 Å². The van der Waals surface area contributed by atoms with Gasteiger partial charge < -0.3 is 15.3 Å². The van der Waals surface area contributed by atoms with E-state index < -0.39 is 21.7 Å². The first-order valence-corrected chi connectivity index (χ1v) is 10.5. The summed E-state index contributed by atoms with van der Waals surface area (Å²) >= 11 is 0.931. The minimum absolute atomic E-state index is 0.0368. The number of carboxylic acid groups (broad SMARTS) is 1. The first-order chi connectivity index (χ1) is 15.3. The van der Waals surface area contributed by atoms with Gasteiger partial charge in [-0.1, -0.05) is 12.1 Å². The van der Waals surface area contributed by atoms with Gasteiger partial charge in [0, 0.05) is 37.8 Å². The van der Waals surface area contributed by atoms with E-state index in [0.717, 1.165) is 11.3 Å². The maximum absolute atomic E-state index is 11.3. The molecule has 0 saturated carbocycles. The second-order valence-corrected chi connectivity index (χ2v) is 8.32. The summed E-state index contributed by atoms with van der Waals surface area (Å²) in [7, 11) is 0. The van der Waals surface area contributed by atoms with E-state index in [1.54, 1.807) is 12.1 Å². The van der Waals surface area contributed by atoms with E-state index in [0.29, 0.717) is 53.5 Å². The molecule has 2 N–H and O–H groups in total. The summed E-state index contributed by atoms with van der Waals surface area (Å²) in [5.74, 6) is -0.501. The molecule has 166 valence electrons. The number of thiophene rings is 1. The summed E-state index contributed by atoms with van der Waals surface area (Å²) in [4.78, 5) is 43.8. The second kappa shape index (κ2) is 8.70. The number of nitro groups is 2. The summed E-state index contributed by atoms with van der Waals surface area (Å²) in [5, 5.41) is 35.0. The number of nitro benzene ring substituents is 1. The Morgan fingerprint density at radius 1 is 1.19 bits per heavy atom. The molecular weight excluding hydrogens is 440 g/mol. The number of benzene rings is 1. The van der Waals surface area contributed by atoms with E-state index in [-0.39, 0.29) is 17.2 Å². The van der Waals surface area contributed by atoms with E-state index in [1.165, 1.54) is 18.2 Å². The summed E-state index contributed by atoms with van der Waals surface area (Å²) in [6, 6.07) is 7.55. The van der Waals surface area contributed by atoms with Crippen LogP contribution < -0.4 is 10.2 Å². The molecule has 0 spiro atoms. The fourth-order valence-electron chi connectivity index (χ4n) is 3.56. The van der Waals surface area contributed by atoms with Crippen molar-refractivity contribution in [3.8, 4) is 0 Å². The number of hydrogen-bond acceptors (Lipinski definition) is 10. The highest BCUT2D eigenvalue weighted by atomic mass is 32.1. The smallest absolute Gasteiger partial charge is 0.326 e. The molecule has 0 atom stereocenters. The third-order valence-electron chi connectivity index (χ3n) is 5.26. The molecule has 1 saturated heterocycles. The zero-order valence-corrected chi connectivity index (χ0v) is 17.4. The Morgan fingerprint density at radius 3 is 2.59 bits per heavy atom. The summed E-state index contributed by atoms with van der Waals surface area (Å²) in [6.07, 6.45) is 0.912. The highest BCUT2D eigenvalue weighted by molar-refractivity contribution is 7.21. The molecule has 13 heteroatoms. The van der Waals surface area contributed by atoms with E-state index in [2.05, 4.69) is 15.3 Å². The zero-order valence-electron chi connectivity index (χ0n) is 16.6. The molecule has 1 fully saturated rings. The monoisotopic (exact) mass is 458 g/mol. The van der Waals surface area contributed by atoms with Gasteiger partial charge in [-0.3, -0.25) is 25.0 Å². The van der Waals surface area contributed by atoms with E-state index in [4.69, 9.17) is 0 Å². The number of nitrogens with zero attached hydrogens (tertiary/aromatic N) is 5. The molecule has 3 heterocycles. The number of nitrogens with one attached hydrogen (secondary N) is 1. The number of carboxylic acids is 1. The molecule has 32 heavy (non-hydrogen) atoms. The summed E-state index contributed by atoms with van der Waals surface area (Å²) in [5.41, 5.74) is 0.616. The second-order valence-electron chi connectivity index (χ2n) is 7.31. The van der Waals surface area contributed by atoms with Gasteiger partial charge in [0.25, 0.3) is 5.69 Å². The third-order valence-corrected chi connectivity index (χ3v) is 6.24. The van der Waals surface area contributed by atoms with Crippen molar-refractivity contribution in [3.63, 3.8) is 0 Å². The average molecular weight is 458 g/mol. The fraction of sp³-hybridized carbons (Fsp3) is 0.316. The van der Waals surface area contributed by atoms with Crippen molar-refractivity contribution >= 4 is 50.0 Å². The molecule has 1 aromatic carbocycles. The van der Waals surface area contributed by atoms with Crippen molar-refractivity contribution in [1.82, 2.24) is 9.97 Å². The Labute approximate surface area is 184 Å². The molecule has 1 aliphatic rings. The Balaban J connectivity index is 1.64. The lowest BCUT2D eigenvalue weighted by Gasteiger charge is -2.30. The van der Waals surface area contributed by atoms with Crippen LogP contribution in [0.4, 0.5) is 22.5 Å². The molecular formula is C19H18N6O6S. The van der Waals surface area contributed by atoms with Crippen LogP contribution in [0, 0.1) is 26.1 Å². The van der Waals surface area contributed by atoms with Crippen LogP contribution in [0.15, 0.2) is 30.3 Å². The van der Waals surface area contributed by atoms with Gasteiger partial charge in [0.15, 0.2) is 0 Å². The molecule has 0 aliphatic carbocycles. The largest absolute Gasteiger partial charge is 0.481 e. The lowest BCUT2D eigenvalue weighted by molar-refractivity contribution is -0.384. The number of aromatic nitrogens is 2.